The van der Waals surface area contributed by atoms with Gasteiger partial charge >= 0.3 is 5.97 Å². The maximum atomic E-state index is 13.8. The monoisotopic (exact) mass is 502 g/mol. The molecule has 0 bridgehead atoms. The Hall–Kier alpha value is -3.11. The third kappa shape index (κ3) is 4.99. The number of halogens is 1. The number of imide groups is 1. The van der Waals surface area contributed by atoms with Gasteiger partial charge in [-0.3, -0.25) is 9.59 Å². The van der Waals surface area contributed by atoms with Crippen LogP contribution in [-0.4, -0.2) is 49.7 Å². The van der Waals surface area contributed by atoms with E-state index < -0.39 is 45.7 Å². The van der Waals surface area contributed by atoms with Crippen molar-refractivity contribution in [3.63, 3.8) is 0 Å². The summed E-state index contributed by atoms with van der Waals surface area (Å²) in [4.78, 5) is 39.1. The zero-order chi connectivity index (χ0) is 25.2. The van der Waals surface area contributed by atoms with Crippen LogP contribution >= 0.6 is 0 Å². The van der Waals surface area contributed by atoms with Crippen molar-refractivity contribution in [2.75, 3.05) is 12.0 Å². The zero-order valence-electron chi connectivity index (χ0n) is 19.4. The molecule has 1 heterocycles. The minimum Gasteiger partial charge on any atom is -0.465 e. The molecule has 1 aliphatic carbocycles. The van der Waals surface area contributed by atoms with E-state index >= 15 is 0 Å². The lowest BCUT2D eigenvalue weighted by atomic mass is 10.1. The molecule has 35 heavy (non-hydrogen) atoms. The zero-order valence-corrected chi connectivity index (χ0v) is 20.2. The molecule has 2 amide bonds. The Morgan fingerprint density at radius 2 is 1.57 bits per heavy atom. The Labute approximate surface area is 203 Å². The van der Waals surface area contributed by atoms with E-state index in [0.29, 0.717) is 12.8 Å². The molecule has 0 aromatic heterocycles. The first-order chi connectivity index (χ1) is 16.7. The van der Waals surface area contributed by atoms with Crippen LogP contribution in [0.15, 0.2) is 53.4 Å². The van der Waals surface area contributed by atoms with Crippen LogP contribution in [0.2, 0.25) is 0 Å². The molecule has 1 saturated carbocycles. The number of rotatable bonds is 6. The lowest BCUT2D eigenvalue weighted by Crippen LogP contribution is -2.50. The standard InChI is InChI=1S/C25H27FN2O6S/c1-34-25(31)17-8-12-19(13-9-17)27-23(29)16-22(24(27)30)28(20-6-4-2-3-5-7-20)35(32,33)21-14-10-18(26)11-15-21/h8-15,20,22H,2-7,16H2,1H3. The minimum absolute atomic E-state index is 0.121. The lowest BCUT2D eigenvalue weighted by Gasteiger charge is -2.33. The highest BCUT2D eigenvalue weighted by atomic mass is 32.2. The Balaban J connectivity index is 1.70. The average molecular weight is 503 g/mol. The van der Waals surface area contributed by atoms with E-state index in [4.69, 9.17) is 0 Å². The van der Waals surface area contributed by atoms with Crippen LogP contribution in [0.25, 0.3) is 0 Å². The molecule has 1 aliphatic heterocycles. The maximum absolute atomic E-state index is 13.8. The molecule has 2 aromatic carbocycles. The summed E-state index contributed by atoms with van der Waals surface area (Å²) >= 11 is 0. The molecule has 4 rings (SSSR count). The Morgan fingerprint density at radius 1 is 0.971 bits per heavy atom. The van der Waals surface area contributed by atoms with Crippen molar-refractivity contribution >= 4 is 33.5 Å². The molecular weight excluding hydrogens is 475 g/mol. The fraction of sp³-hybridized carbons (Fsp3) is 0.400. The highest BCUT2D eigenvalue weighted by Crippen LogP contribution is 2.34. The fourth-order valence-corrected chi connectivity index (χ4v) is 6.64. The average Bonchev–Trinajstić information content (AvgIpc) is 3.00. The van der Waals surface area contributed by atoms with E-state index in [1.54, 1.807) is 0 Å². The second-order valence-electron chi connectivity index (χ2n) is 8.76. The molecule has 8 nitrogen and oxygen atoms in total. The Morgan fingerprint density at radius 3 is 2.14 bits per heavy atom. The van der Waals surface area contributed by atoms with Gasteiger partial charge in [-0.25, -0.2) is 22.5 Å². The van der Waals surface area contributed by atoms with E-state index in [1.165, 1.54) is 47.8 Å². The number of esters is 1. The molecule has 10 heteroatoms. The second-order valence-corrected chi connectivity index (χ2v) is 10.6. The van der Waals surface area contributed by atoms with Gasteiger partial charge in [-0.1, -0.05) is 25.7 Å². The normalized spacial score (nSPS) is 19.7. The summed E-state index contributed by atoms with van der Waals surface area (Å²) in [6, 6.07) is 8.61. The minimum atomic E-state index is -4.19. The van der Waals surface area contributed by atoms with Gasteiger partial charge in [0.15, 0.2) is 0 Å². The molecule has 0 N–H and O–H groups in total. The number of carbonyl (C=O) groups excluding carboxylic acids is 3. The van der Waals surface area contributed by atoms with Crippen LogP contribution < -0.4 is 4.90 Å². The van der Waals surface area contributed by atoms with Crippen LogP contribution in [0.1, 0.15) is 55.3 Å². The van der Waals surface area contributed by atoms with Gasteiger partial charge in [0.05, 0.1) is 29.7 Å². The van der Waals surface area contributed by atoms with E-state index in [1.807, 2.05) is 0 Å². The first kappa shape index (κ1) is 25.0. The molecule has 2 aromatic rings. The van der Waals surface area contributed by atoms with Gasteiger partial charge in [0.25, 0.3) is 5.91 Å². The second kappa shape index (κ2) is 10.2. The number of nitrogens with zero attached hydrogens (tertiary/aromatic N) is 2. The van der Waals surface area contributed by atoms with Crippen molar-refractivity contribution in [3.05, 3.63) is 59.9 Å². The third-order valence-electron chi connectivity index (χ3n) is 6.55. The van der Waals surface area contributed by atoms with Crippen LogP contribution in [0, 0.1) is 5.82 Å². The SMILES string of the molecule is COC(=O)c1ccc(N2C(=O)CC(N(C3CCCCCC3)S(=O)(=O)c3ccc(F)cc3)C2=O)cc1. The molecule has 1 saturated heterocycles. The highest BCUT2D eigenvalue weighted by molar-refractivity contribution is 7.89. The number of benzene rings is 2. The van der Waals surface area contributed by atoms with E-state index in [-0.39, 0.29) is 22.6 Å². The van der Waals surface area contributed by atoms with Crippen molar-refractivity contribution in [3.8, 4) is 0 Å². The van der Waals surface area contributed by atoms with Crippen molar-refractivity contribution in [1.29, 1.82) is 0 Å². The predicted molar refractivity (Wildman–Crippen MR) is 126 cm³/mol. The summed E-state index contributed by atoms with van der Waals surface area (Å²) in [5, 5.41) is 0. The smallest absolute Gasteiger partial charge is 0.337 e. The summed E-state index contributed by atoms with van der Waals surface area (Å²) in [6.45, 7) is 0. The lowest BCUT2D eigenvalue weighted by molar-refractivity contribution is -0.122. The van der Waals surface area contributed by atoms with Gasteiger partial charge in [0, 0.05) is 6.04 Å². The van der Waals surface area contributed by atoms with Gasteiger partial charge in [0.2, 0.25) is 15.9 Å². The summed E-state index contributed by atoms with van der Waals surface area (Å²) in [5.41, 5.74) is 0.501. The van der Waals surface area contributed by atoms with E-state index in [2.05, 4.69) is 4.74 Å². The van der Waals surface area contributed by atoms with E-state index in [9.17, 15) is 27.2 Å². The molecule has 2 aliphatic rings. The molecule has 2 fully saturated rings. The van der Waals surface area contributed by atoms with Crippen LogP contribution in [0.5, 0.6) is 0 Å². The van der Waals surface area contributed by atoms with Crippen molar-refractivity contribution in [2.45, 2.75) is 61.9 Å². The highest BCUT2D eigenvalue weighted by Gasteiger charge is 2.49. The molecular formula is C25H27FN2O6S. The largest absolute Gasteiger partial charge is 0.465 e. The first-order valence-electron chi connectivity index (χ1n) is 11.6. The van der Waals surface area contributed by atoms with Crippen LogP contribution in [-0.2, 0) is 24.3 Å². The van der Waals surface area contributed by atoms with Crippen molar-refractivity contribution < 1.29 is 31.9 Å². The number of ether oxygens (including phenoxy) is 1. The maximum Gasteiger partial charge on any atom is 0.337 e. The number of anilines is 1. The van der Waals surface area contributed by atoms with Crippen molar-refractivity contribution in [1.82, 2.24) is 4.31 Å². The number of carbonyl (C=O) groups is 3. The third-order valence-corrected chi connectivity index (χ3v) is 8.53. The number of sulfonamides is 1. The van der Waals surface area contributed by atoms with Crippen molar-refractivity contribution in [2.24, 2.45) is 0 Å². The molecule has 0 radical (unpaired) electrons. The fourth-order valence-electron chi connectivity index (χ4n) is 4.81. The summed E-state index contributed by atoms with van der Waals surface area (Å²) in [7, 11) is -2.95. The number of amides is 2. The van der Waals surface area contributed by atoms with E-state index in [0.717, 1.165) is 42.7 Å². The quantitative estimate of drug-likeness (QED) is 0.340. The number of hydrogen-bond acceptors (Lipinski definition) is 6. The number of hydrogen-bond donors (Lipinski definition) is 0. The van der Waals surface area contributed by atoms with Gasteiger partial charge < -0.3 is 4.74 Å². The molecule has 1 atom stereocenters. The first-order valence-corrected chi connectivity index (χ1v) is 13.0. The van der Waals surface area contributed by atoms with Crippen LogP contribution in [0.4, 0.5) is 10.1 Å². The Kier molecular flexibility index (Phi) is 7.32. The van der Waals surface area contributed by atoms with Crippen LogP contribution in [0.3, 0.4) is 0 Å². The Bertz CT molecular complexity index is 1210. The summed E-state index contributed by atoms with van der Waals surface area (Å²) in [6.07, 6.45) is 4.42. The predicted octanol–water partition coefficient (Wildman–Crippen LogP) is 3.66. The summed E-state index contributed by atoms with van der Waals surface area (Å²) in [5.74, 6) is -2.30. The summed E-state index contributed by atoms with van der Waals surface area (Å²) < 4.78 is 46.9. The topological polar surface area (TPSA) is 101 Å². The molecule has 186 valence electrons. The number of methoxy groups -OCH3 is 1. The van der Waals surface area contributed by atoms with Gasteiger partial charge in [-0.15, -0.1) is 0 Å². The van der Waals surface area contributed by atoms with Gasteiger partial charge in [-0.2, -0.15) is 4.31 Å². The molecule has 0 spiro atoms. The molecule has 1 unspecified atom stereocenters. The van der Waals surface area contributed by atoms with Gasteiger partial charge in [0.1, 0.15) is 11.9 Å². The van der Waals surface area contributed by atoms with Gasteiger partial charge in [-0.05, 0) is 61.4 Å².